The number of nitrogens with zero attached hydrogens (tertiary/aromatic N) is 2. The first-order valence-electron chi connectivity index (χ1n) is 6.74. The topological polar surface area (TPSA) is 60.9 Å². The van der Waals surface area contributed by atoms with Crippen LogP contribution in [0.1, 0.15) is 40.2 Å². The van der Waals surface area contributed by atoms with Crippen molar-refractivity contribution in [2.24, 2.45) is 12.8 Å². The Balaban J connectivity index is 1.97. The first-order chi connectivity index (χ1) is 10.2. The van der Waals surface area contributed by atoms with Crippen LogP contribution in [0.2, 0.25) is 0 Å². The molecule has 2 N–H and O–H groups in total. The lowest BCUT2D eigenvalue weighted by Gasteiger charge is -2.15. The summed E-state index contributed by atoms with van der Waals surface area (Å²) >= 11 is 0. The molecule has 0 aromatic carbocycles. The molecule has 0 aliphatic heterocycles. The quantitative estimate of drug-likeness (QED) is 0.947. The number of aryl methyl sites for hydroxylation is 1. The third kappa shape index (κ3) is 2.26. The van der Waals surface area contributed by atoms with E-state index in [2.05, 4.69) is 4.98 Å². The summed E-state index contributed by atoms with van der Waals surface area (Å²) in [5.74, 6) is -0.532. The molecule has 0 bridgehead atoms. The van der Waals surface area contributed by atoms with Crippen LogP contribution in [0.3, 0.4) is 0 Å². The van der Waals surface area contributed by atoms with Gasteiger partial charge in [0, 0.05) is 24.9 Å². The van der Waals surface area contributed by atoms with Gasteiger partial charge in [0.05, 0.1) is 0 Å². The van der Waals surface area contributed by atoms with E-state index in [4.69, 9.17) is 5.73 Å². The van der Waals surface area contributed by atoms with Gasteiger partial charge in [-0.1, -0.05) is 6.07 Å². The molecule has 116 valence electrons. The van der Waals surface area contributed by atoms with E-state index >= 15 is 0 Å². The van der Waals surface area contributed by atoms with E-state index in [-0.39, 0.29) is 5.41 Å². The van der Waals surface area contributed by atoms with Crippen LogP contribution in [-0.4, -0.2) is 15.5 Å². The number of amides is 1. The molecule has 4 nitrogen and oxygen atoms in total. The smallest absolute Gasteiger partial charge is 0.364 e. The van der Waals surface area contributed by atoms with Gasteiger partial charge in [0.25, 0.3) is 5.91 Å². The second kappa shape index (κ2) is 4.59. The van der Waals surface area contributed by atoms with Gasteiger partial charge < -0.3 is 10.3 Å². The summed E-state index contributed by atoms with van der Waals surface area (Å²) < 4.78 is 39.4. The maximum absolute atomic E-state index is 12.6. The minimum atomic E-state index is -4.44. The second-order valence-electron chi connectivity index (χ2n) is 5.60. The SMILES string of the molecule is Cn1cc(C2(c3ccc(C(F)(F)F)nc3)CC2)cc1C(N)=O. The van der Waals surface area contributed by atoms with E-state index in [1.807, 2.05) is 0 Å². The van der Waals surface area contributed by atoms with Gasteiger partial charge in [-0.3, -0.25) is 9.78 Å². The van der Waals surface area contributed by atoms with E-state index in [1.54, 1.807) is 23.9 Å². The summed E-state index contributed by atoms with van der Waals surface area (Å²) in [5, 5.41) is 0. The Hall–Kier alpha value is -2.31. The van der Waals surface area contributed by atoms with Crippen LogP contribution in [0.5, 0.6) is 0 Å². The van der Waals surface area contributed by atoms with Crippen molar-refractivity contribution >= 4 is 5.91 Å². The molecule has 2 aromatic rings. The summed E-state index contributed by atoms with van der Waals surface area (Å²) in [6.07, 6.45) is 0.239. The van der Waals surface area contributed by atoms with Gasteiger partial charge in [0.15, 0.2) is 0 Å². The summed E-state index contributed by atoms with van der Waals surface area (Å²) in [4.78, 5) is 14.9. The minimum Gasteiger partial charge on any atom is -0.364 e. The summed E-state index contributed by atoms with van der Waals surface area (Å²) in [6, 6.07) is 4.15. The van der Waals surface area contributed by atoms with Crippen molar-refractivity contribution in [1.29, 1.82) is 0 Å². The third-order valence-electron chi connectivity index (χ3n) is 4.17. The average molecular weight is 309 g/mol. The van der Waals surface area contributed by atoms with E-state index < -0.39 is 17.8 Å². The second-order valence-corrected chi connectivity index (χ2v) is 5.60. The Morgan fingerprint density at radius 3 is 2.41 bits per heavy atom. The number of hydrogen-bond acceptors (Lipinski definition) is 2. The number of halogens is 3. The maximum Gasteiger partial charge on any atom is 0.433 e. The minimum absolute atomic E-state index is 0.359. The molecule has 0 atom stereocenters. The highest BCUT2D eigenvalue weighted by molar-refractivity contribution is 5.91. The fourth-order valence-electron chi connectivity index (χ4n) is 2.78. The number of carbonyl (C=O) groups excluding carboxylic acids is 1. The standard InChI is InChI=1S/C15H14F3N3O/c1-21-8-10(6-11(21)13(19)22)14(4-5-14)9-2-3-12(20-7-9)15(16,17)18/h2-3,6-8H,4-5H2,1H3,(H2,19,22). The molecule has 1 aliphatic rings. The summed E-state index contributed by atoms with van der Waals surface area (Å²) in [7, 11) is 1.71. The monoisotopic (exact) mass is 309 g/mol. The first-order valence-corrected chi connectivity index (χ1v) is 6.74. The zero-order chi connectivity index (χ0) is 16.1. The van der Waals surface area contributed by atoms with Gasteiger partial charge in [-0.25, -0.2) is 0 Å². The predicted octanol–water partition coefficient (Wildman–Crippen LogP) is 2.62. The molecule has 2 aromatic heterocycles. The van der Waals surface area contributed by atoms with Crippen molar-refractivity contribution in [3.63, 3.8) is 0 Å². The van der Waals surface area contributed by atoms with Crippen molar-refractivity contribution in [3.05, 3.63) is 53.1 Å². The van der Waals surface area contributed by atoms with Crippen LogP contribution < -0.4 is 5.73 Å². The van der Waals surface area contributed by atoms with E-state index in [1.165, 1.54) is 12.3 Å². The fraction of sp³-hybridized carbons (Fsp3) is 0.333. The molecule has 0 unspecified atom stereocenters. The molecule has 1 saturated carbocycles. The number of hydrogen-bond donors (Lipinski definition) is 1. The molecular weight excluding hydrogens is 295 g/mol. The zero-order valence-electron chi connectivity index (χ0n) is 11.8. The van der Waals surface area contributed by atoms with Crippen LogP contribution in [0.15, 0.2) is 30.6 Å². The number of rotatable bonds is 3. The van der Waals surface area contributed by atoms with Crippen molar-refractivity contribution in [2.45, 2.75) is 24.4 Å². The summed E-state index contributed by atoms with van der Waals surface area (Å²) in [6.45, 7) is 0. The molecule has 7 heteroatoms. The van der Waals surface area contributed by atoms with Crippen LogP contribution in [-0.2, 0) is 18.6 Å². The van der Waals surface area contributed by atoms with Crippen LogP contribution in [0.4, 0.5) is 13.2 Å². The number of aromatic nitrogens is 2. The molecular formula is C15H14F3N3O. The Labute approximate surface area is 124 Å². The highest BCUT2D eigenvalue weighted by Crippen LogP contribution is 2.53. The van der Waals surface area contributed by atoms with Crippen LogP contribution in [0, 0.1) is 0 Å². The Morgan fingerprint density at radius 1 is 1.32 bits per heavy atom. The zero-order valence-corrected chi connectivity index (χ0v) is 11.8. The van der Waals surface area contributed by atoms with Gasteiger partial charge in [-0.05, 0) is 36.1 Å². The van der Waals surface area contributed by atoms with Gasteiger partial charge in [-0.2, -0.15) is 13.2 Å². The predicted molar refractivity (Wildman–Crippen MR) is 73.2 cm³/mol. The van der Waals surface area contributed by atoms with Gasteiger partial charge >= 0.3 is 6.18 Å². The largest absolute Gasteiger partial charge is 0.433 e. The third-order valence-corrected chi connectivity index (χ3v) is 4.17. The summed E-state index contributed by atoms with van der Waals surface area (Å²) in [5.41, 5.74) is 6.02. The number of nitrogens with two attached hydrogens (primary N) is 1. The molecule has 1 aliphatic carbocycles. The molecule has 0 radical (unpaired) electrons. The van der Waals surface area contributed by atoms with Gasteiger partial charge in [0.1, 0.15) is 11.4 Å². The Bertz CT molecular complexity index is 727. The van der Waals surface area contributed by atoms with Crippen LogP contribution >= 0.6 is 0 Å². The maximum atomic E-state index is 12.6. The van der Waals surface area contributed by atoms with Crippen molar-refractivity contribution in [1.82, 2.24) is 9.55 Å². The highest BCUT2D eigenvalue weighted by Gasteiger charge is 2.47. The van der Waals surface area contributed by atoms with E-state index in [0.717, 1.165) is 30.0 Å². The lowest BCUT2D eigenvalue weighted by molar-refractivity contribution is -0.141. The molecule has 2 heterocycles. The normalized spacial score (nSPS) is 16.5. The lowest BCUT2D eigenvalue weighted by atomic mass is 9.91. The molecule has 1 amide bonds. The number of pyridine rings is 1. The molecule has 0 saturated heterocycles. The fourth-order valence-corrected chi connectivity index (χ4v) is 2.78. The van der Waals surface area contributed by atoms with Gasteiger partial charge in [0.2, 0.25) is 0 Å². The Morgan fingerprint density at radius 2 is 2.00 bits per heavy atom. The average Bonchev–Trinajstić information content (AvgIpc) is 3.15. The number of primary amides is 1. The van der Waals surface area contributed by atoms with E-state index in [0.29, 0.717) is 5.69 Å². The molecule has 0 spiro atoms. The first kappa shape index (κ1) is 14.6. The lowest BCUT2D eigenvalue weighted by Crippen LogP contribution is -2.14. The Kier molecular flexibility index (Phi) is 3.05. The van der Waals surface area contributed by atoms with Gasteiger partial charge in [-0.15, -0.1) is 0 Å². The number of carbonyl (C=O) groups is 1. The van der Waals surface area contributed by atoms with Crippen molar-refractivity contribution in [2.75, 3.05) is 0 Å². The molecule has 22 heavy (non-hydrogen) atoms. The number of alkyl halides is 3. The van der Waals surface area contributed by atoms with E-state index in [9.17, 15) is 18.0 Å². The van der Waals surface area contributed by atoms with Crippen molar-refractivity contribution < 1.29 is 18.0 Å². The van der Waals surface area contributed by atoms with Crippen LogP contribution in [0.25, 0.3) is 0 Å². The molecule has 1 fully saturated rings. The molecule has 3 rings (SSSR count). The van der Waals surface area contributed by atoms with Crippen molar-refractivity contribution in [3.8, 4) is 0 Å². The highest BCUT2D eigenvalue weighted by atomic mass is 19.4.